The summed E-state index contributed by atoms with van der Waals surface area (Å²) in [6.07, 6.45) is -1.61. The zero-order valence-corrected chi connectivity index (χ0v) is 8.38. The summed E-state index contributed by atoms with van der Waals surface area (Å²) in [4.78, 5) is 21.7. The van der Waals surface area contributed by atoms with Crippen LogP contribution in [0.25, 0.3) is 0 Å². The van der Waals surface area contributed by atoms with E-state index in [1.807, 2.05) is 0 Å². The van der Waals surface area contributed by atoms with Crippen molar-refractivity contribution in [1.29, 1.82) is 0 Å². The van der Waals surface area contributed by atoms with E-state index >= 15 is 0 Å². The van der Waals surface area contributed by atoms with Gasteiger partial charge >= 0.3 is 5.97 Å². The van der Waals surface area contributed by atoms with Crippen LogP contribution in [0.4, 0.5) is 5.69 Å². The Morgan fingerprint density at radius 1 is 1.44 bits per heavy atom. The SMILES string of the molecule is Nc1cccc(C(=O)NCC(O)C(=O)O)c1. The number of nitrogens with one attached hydrogen (secondary N) is 1. The van der Waals surface area contributed by atoms with Gasteiger partial charge < -0.3 is 21.3 Å². The number of benzene rings is 1. The fourth-order valence-electron chi connectivity index (χ4n) is 1.06. The smallest absolute Gasteiger partial charge is 0.334 e. The van der Waals surface area contributed by atoms with Crippen LogP contribution >= 0.6 is 0 Å². The molecule has 1 aromatic rings. The van der Waals surface area contributed by atoms with E-state index in [1.165, 1.54) is 6.07 Å². The standard InChI is InChI=1S/C10H12N2O4/c11-7-3-1-2-6(4-7)9(14)12-5-8(13)10(15)16/h1-4,8,13H,5,11H2,(H,12,14)(H,15,16). The van der Waals surface area contributed by atoms with Gasteiger partial charge in [0, 0.05) is 11.3 Å². The summed E-state index contributed by atoms with van der Waals surface area (Å²) in [6.45, 7) is -0.344. The summed E-state index contributed by atoms with van der Waals surface area (Å²) in [7, 11) is 0. The minimum absolute atomic E-state index is 0.317. The van der Waals surface area contributed by atoms with E-state index in [0.717, 1.165) is 0 Å². The highest BCUT2D eigenvalue weighted by atomic mass is 16.4. The van der Waals surface area contributed by atoms with Crippen LogP contribution in [0.2, 0.25) is 0 Å². The van der Waals surface area contributed by atoms with Gasteiger partial charge in [-0.25, -0.2) is 4.79 Å². The molecule has 6 nitrogen and oxygen atoms in total. The van der Waals surface area contributed by atoms with Crippen LogP contribution < -0.4 is 11.1 Å². The van der Waals surface area contributed by atoms with Crippen molar-refractivity contribution in [1.82, 2.24) is 5.32 Å². The fourth-order valence-corrected chi connectivity index (χ4v) is 1.06. The maximum absolute atomic E-state index is 11.5. The lowest BCUT2D eigenvalue weighted by atomic mass is 10.2. The van der Waals surface area contributed by atoms with Crippen LogP contribution in [0.5, 0.6) is 0 Å². The molecule has 0 saturated carbocycles. The fraction of sp³-hybridized carbons (Fsp3) is 0.200. The van der Waals surface area contributed by atoms with Gasteiger partial charge in [0.25, 0.3) is 5.91 Å². The van der Waals surface area contributed by atoms with E-state index in [1.54, 1.807) is 18.2 Å². The number of hydrogen-bond donors (Lipinski definition) is 4. The number of carbonyl (C=O) groups excluding carboxylic acids is 1. The normalized spacial score (nSPS) is 11.8. The van der Waals surface area contributed by atoms with Crippen LogP contribution in [-0.4, -0.2) is 34.7 Å². The Kier molecular flexibility index (Phi) is 3.84. The van der Waals surface area contributed by atoms with E-state index < -0.39 is 18.0 Å². The van der Waals surface area contributed by atoms with Crippen molar-refractivity contribution in [2.24, 2.45) is 0 Å². The zero-order chi connectivity index (χ0) is 12.1. The molecule has 1 aromatic carbocycles. The van der Waals surface area contributed by atoms with Crippen molar-refractivity contribution < 1.29 is 19.8 Å². The molecule has 1 rings (SSSR count). The number of hydrogen-bond acceptors (Lipinski definition) is 4. The maximum atomic E-state index is 11.5. The molecule has 1 amide bonds. The first-order chi connectivity index (χ1) is 7.50. The molecule has 5 N–H and O–H groups in total. The third kappa shape index (κ3) is 3.25. The summed E-state index contributed by atoms with van der Waals surface area (Å²) < 4.78 is 0. The monoisotopic (exact) mass is 224 g/mol. The summed E-state index contributed by atoms with van der Waals surface area (Å²) in [5, 5.41) is 19.6. The van der Waals surface area contributed by atoms with E-state index in [-0.39, 0.29) is 6.54 Å². The third-order valence-corrected chi connectivity index (χ3v) is 1.89. The van der Waals surface area contributed by atoms with Crippen molar-refractivity contribution in [3.63, 3.8) is 0 Å². The molecular formula is C10H12N2O4. The Hall–Kier alpha value is -2.08. The van der Waals surface area contributed by atoms with Crippen molar-refractivity contribution in [3.8, 4) is 0 Å². The lowest BCUT2D eigenvalue weighted by Crippen LogP contribution is -2.36. The highest BCUT2D eigenvalue weighted by Gasteiger charge is 2.14. The number of aliphatic carboxylic acids is 1. The highest BCUT2D eigenvalue weighted by Crippen LogP contribution is 2.05. The predicted molar refractivity (Wildman–Crippen MR) is 56.8 cm³/mol. The Balaban J connectivity index is 2.56. The number of anilines is 1. The summed E-state index contributed by atoms with van der Waals surface area (Å²) >= 11 is 0. The maximum Gasteiger partial charge on any atom is 0.334 e. The second kappa shape index (κ2) is 5.13. The number of aliphatic hydroxyl groups excluding tert-OH is 1. The second-order valence-corrected chi connectivity index (χ2v) is 3.19. The summed E-state index contributed by atoms with van der Waals surface area (Å²) in [5.41, 5.74) is 6.23. The number of nitrogens with two attached hydrogens (primary N) is 1. The lowest BCUT2D eigenvalue weighted by molar-refractivity contribution is -0.146. The molecule has 0 bridgehead atoms. The number of amides is 1. The van der Waals surface area contributed by atoms with Gasteiger partial charge in [-0.15, -0.1) is 0 Å². The third-order valence-electron chi connectivity index (χ3n) is 1.89. The van der Waals surface area contributed by atoms with Gasteiger partial charge in [-0.05, 0) is 18.2 Å². The largest absolute Gasteiger partial charge is 0.479 e. The van der Waals surface area contributed by atoms with Crippen molar-refractivity contribution in [2.75, 3.05) is 12.3 Å². The van der Waals surface area contributed by atoms with Crippen LogP contribution in [-0.2, 0) is 4.79 Å². The number of carbonyl (C=O) groups is 2. The molecule has 0 aliphatic carbocycles. The molecule has 6 heteroatoms. The topological polar surface area (TPSA) is 113 Å². The first-order valence-corrected chi connectivity index (χ1v) is 4.55. The van der Waals surface area contributed by atoms with Gasteiger partial charge in [-0.3, -0.25) is 4.79 Å². The van der Waals surface area contributed by atoms with E-state index in [9.17, 15) is 9.59 Å². The molecule has 0 spiro atoms. The molecule has 0 heterocycles. The van der Waals surface area contributed by atoms with Crippen LogP contribution in [0.15, 0.2) is 24.3 Å². The number of aliphatic hydroxyl groups is 1. The van der Waals surface area contributed by atoms with Crippen LogP contribution in [0.3, 0.4) is 0 Å². The van der Waals surface area contributed by atoms with Gasteiger partial charge in [0.15, 0.2) is 6.10 Å². The molecule has 1 atom stereocenters. The molecule has 0 aliphatic rings. The number of carboxylic acid groups (broad SMARTS) is 1. The van der Waals surface area contributed by atoms with Gasteiger partial charge in [0.05, 0.1) is 6.54 Å². The summed E-state index contributed by atoms with van der Waals surface area (Å²) in [6, 6.07) is 6.24. The average Bonchev–Trinajstić information content (AvgIpc) is 2.25. The molecule has 0 radical (unpaired) electrons. The Morgan fingerprint density at radius 3 is 2.69 bits per heavy atom. The Morgan fingerprint density at radius 2 is 2.12 bits per heavy atom. The van der Waals surface area contributed by atoms with Crippen LogP contribution in [0, 0.1) is 0 Å². The van der Waals surface area contributed by atoms with E-state index in [0.29, 0.717) is 11.3 Å². The van der Waals surface area contributed by atoms with Gasteiger partial charge in [-0.2, -0.15) is 0 Å². The predicted octanol–water partition coefficient (Wildman–Crippen LogP) is -0.556. The zero-order valence-electron chi connectivity index (χ0n) is 8.38. The number of nitrogen functional groups attached to an aromatic ring is 1. The second-order valence-electron chi connectivity index (χ2n) is 3.19. The molecular weight excluding hydrogens is 212 g/mol. The van der Waals surface area contributed by atoms with Gasteiger partial charge in [0.1, 0.15) is 0 Å². The quantitative estimate of drug-likeness (QED) is 0.512. The minimum Gasteiger partial charge on any atom is -0.479 e. The van der Waals surface area contributed by atoms with Crippen molar-refractivity contribution in [2.45, 2.75) is 6.10 Å². The van der Waals surface area contributed by atoms with E-state index in [2.05, 4.69) is 5.32 Å². The number of carboxylic acids is 1. The molecule has 0 aliphatic heterocycles. The molecule has 1 unspecified atom stereocenters. The Bertz CT molecular complexity index is 406. The Labute approximate surface area is 91.7 Å². The molecule has 86 valence electrons. The lowest BCUT2D eigenvalue weighted by Gasteiger charge is -2.07. The molecule has 0 saturated heterocycles. The van der Waals surface area contributed by atoms with Gasteiger partial charge in [-0.1, -0.05) is 6.07 Å². The highest BCUT2D eigenvalue weighted by molar-refractivity contribution is 5.95. The van der Waals surface area contributed by atoms with E-state index in [4.69, 9.17) is 15.9 Å². The number of rotatable bonds is 4. The first-order valence-electron chi connectivity index (χ1n) is 4.55. The molecule has 0 fully saturated rings. The molecule has 0 aromatic heterocycles. The van der Waals surface area contributed by atoms with Crippen LogP contribution in [0.1, 0.15) is 10.4 Å². The first kappa shape index (κ1) is 12.0. The molecule has 16 heavy (non-hydrogen) atoms. The minimum atomic E-state index is -1.61. The summed E-state index contributed by atoms with van der Waals surface area (Å²) in [5.74, 6) is -1.86. The van der Waals surface area contributed by atoms with Gasteiger partial charge in [0.2, 0.25) is 0 Å². The van der Waals surface area contributed by atoms with Crippen molar-refractivity contribution >= 4 is 17.6 Å². The average molecular weight is 224 g/mol. The van der Waals surface area contributed by atoms with Crippen molar-refractivity contribution in [3.05, 3.63) is 29.8 Å².